The van der Waals surface area contributed by atoms with Crippen LogP contribution in [-0.2, 0) is 0 Å². The molecule has 0 saturated carbocycles. The monoisotopic (exact) mass is 502 g/mol. The molecule has 0 aromatic heterocycles. The molecule has 8 nitrogen and oxygen atoms in total. The molecule has 0 aliphatic rings. The molecule has 0 aliphatic carbocycles. The molecule has 0 atom stereocenters. The van der Waals surface area contributed by atoms with Gasteiger partial charge in [0.25, 0.3) is 11.8 Å². The summed E-state index contributed by atoms with van der Waals surface area (Å²) in [5.74, 6) is 0.762. The van der Waals surface area contributed by atoms with Crippen LogP contribution in [0, 0.1) is 24.7 Å². The Bertz CT molecular complexity index is 1610. The highest BCUT2D eigenvalue weighted by Crippen LogP contribution is 2.30. The van der Waals surface area contributed by atoms with Crippen molar-refractivity contribution in [3.05, 3.63) is 106 Å². The van der Waals surface area contributed by atoms with Crippen LogP contribution in [0.2, 0.25) is 0 Å². The SMILES string of the molecule is C#Cc1ccc(C(=O)Nc2cccc3c(NC(=O)c4ccc(C#C)cc4C(=O)O)cccc23)c(C(=O)O)c1. The lowest BCUT2D eigenvalue weighted by atomic mass is 10.0. The molecule has 38 heavy (non-hydrogen) atoms. The second-order valence-corrected chi connectivity index (χ2v) is 8.03. The van der Waals surface area contributed by atoms with E-state index in [4.69, 9.17) is 12.8 Å². The molecule has 0 spiro atoms. The van der Waals surface area contributed by atoms with Crippen molar-refractivity contribution >= 4 is 45.9 Å². The number of terminal acetylenes is 2. The molecule has 4 aromatic carbocycles. The van der Waals surface area contributed by atoms with E-state index in [2.05, 4.69) is 22.5 Å². The second-order valence-electron chi connectivity index (χ2n) is 8.03. The lowest BCUT2D eigenvalue weighted by Crippen LogP contribution is -2.17. The molecule has 0 fully saturated rings. The Hall–Kier alpha value is -5.86. The summed E-state index contributed by atoms with van der Waals surface area (Å²) < 4.78 is 0. The molecular weight excluding hydrogens is 484 g/mol. The van der Waals surface area contributed by atoms with Crippen LogP contribution in [0.25, 0.3) is 10.8 Å². The van der Waals surface area contributed by atoms with Crippen LogP contribution in [-0.4, -0.2) is 34.0 Å². The van der Waals surface area contributed by atoms with Gasteiger partial charge in [0.15, 0.2) is 0 Å². The highest BCUT2D eigenvalue weighted by atomic mass is 16.4. The average molecular weight is 502 g/mol. The van der Waals surface area contributed by atoms with Gasteiger partial charge < -0.3 is 20.8 Å². The van der Waals surface area contributed by atoms with Crippen molar-refractivity contribution in [1.29, 1.82) is 0 Å². The molecule has 4 N–H and O–H groups in total. The summed E-state index contributed by atoms with van der Waals surface area (Å²) in [5, 5.41) is 25.6. The molecule has 0 saturated heterocycles. The number of carboxylic acids is 2. The number of carbonyl (C=O) groups is 4. The maximum atomic E-state index is 13.0. The van der Waals surface area contributed by atoms with E-state index in [-0.39, 0.29) is 22.3 Å². The zero-order valence-electron chi connectivity index (χ0n) is 19.6. The van der Waals surface area contributed by atoms with Gasteiger partial charge in [-0.25, -0.2) is 9.59 Å². The Morgan fingerprint density at radius 1 is 0.579 bits per heavy atom. The number of amides is 2. The first-order chi connectivity index (χ1) is 18.2. The highest BCUT2D eigenvalue weighted by Gasteiger charge is 2.20. The van der Waals surface area contributed by atoms with Crippen LogP contribution in [0.3, 0.4) is 0 Å². The average Bonchev–Trinajstić information content (AvgIpc) is 2.92. The summed E-state index contributed by atoms with van der Waals surface area (Å²) in [6.45, 7) is 0. The Balaban J connectivity index is 1.68. The quantitative estimate of drug-likeness (QED) is 0.283. The van der Waals surface area contributed by atoms with E-state index in [1.54, 1.807) is 36.4 Å². The normalized spacial score (nSPS) is 10.2. The third-order valence-electron chi connectivity index (χ3n) is 5.74. The van der Waals surface area contributed by atoms with Crippen LogP contribution in [0.5, 0.6) is 0 Å². The smallest absolute Gasteiger partial charge is 0.336 e. The van der Waals surface area contributed by atoms with Crippen LogP contribution in [0.15, 0.2) is 72.8 Å². The first-order valence-corrected chi connectivity index (χ1v) is 11.1. The van der Waals surface area contributed by atoms with Gasteiger partial charge in [-0.2, -0.15) is 0 Å². The molecule has 0 bridgehead atoms. The molecule has 0 heterocycles. The van der Waals surface area contributed by atoms with Gasteiger partial charge in [-0.15, -0.1) is 12.8 Å². The molecule has 4 aromatic rings. The fraction of sp³-hybridized carbons (Fsp3) is 0. The minimum atomic E-state index is -1.30. The van der Waals surface area contributed by atoms with Crippen molar-refractivity contribution in [2.24, 2.45) is 0 Å². The number of fused-ring (bicyclic) bond motifs is 1. The number of benzene rings is 4. The molecule has 4 rings (SSSR count). The van der Waals surface area contributed by atoms with Gasteiger partial charge in [0.1, 0.15) is 0 Å². The summed E-state index contributed by atoms with van der Waals surface area (Å²) in [4.78, 5) is 49.4. The summed E-state index contributed by atoms with van der Waals surface area (Å²) in [6.07, 6.45) is 10.7. The lowest BCUT2D eigenvalue weighted by Gasteiger charge is -2.14. The fourth-order valence-corrected chi connectivity index (χ4v) is 3.93. The molecule has 0 unspecified atom stereocenters. The van der Waals surface area contributed by atoms with Gasteiger partial charge in [-0.1, -0.05) is 36.1 Å². The zero-order valence-corrected chi connectivity index (χ0v) is 19.6. The number of anilines is 2. The standard InChI is InChI=1S/C30H18N2O6/c1-3-17-11-13-21(23(15-17)29(35)36)27(33)31-25-9-5-8-20-19(25)7-6-10-26(20)32-28(34)22-14-12-18(4-2)16-24(22)30(37)38/h1-2,5-16H,(H,31,33)(H,32,34)(H,35,36)(H,37,38). The summed E-state index contributed by atoms with van der Waals surface area (Å²) >= 11 is 0. The largest absolute Gasteiger partial charge is 0.478 e. The van der Waals surface area contributed by atoms with Gasteiger partial charge in [-0.05, 0) is 48.5 Å². The van der Waals surface area contributed by atoms with E-state index in [0.717, 1.165) is 0 Å². The van der Waals surface area contributed by atoms with Gasteiger partial charge in [-0.3, -0.25) is 9.59 Å². The Morgan fingerprint density at radius 3 is 1.32 bits per heavy atom. The third kappa shape index (κ3) is 4.92. The molecule has 0 aliphatic heterocycles. The number of nitrogens with one attached hydrogen (secondary N) is 2. The lowest BCUT2D eigenvalue weighted by molar-refractivity contribution is 0.0683. The molecule has 184 valence electrons. The van der Waals surface area contributed by atoms with Crippen molar-refractivity contribution in [3.8, 4) is 24.7 Å². The van der Waals surface area contributed by atoms with Crippen LogP contribution >= 0.6 is 0 Å². The third-order valence-corrected chi connectivity index (χ3v) is 5.74. The van der Waals surface area contributed by atoms with Crippen LogP contribution in [0.4, 0.5) is 11.4 Å². The van der Waals surface area contributed by atoms with Crippen molar-refractivity contribution in [2.45, 2.75) is 0 Å². The molecule has 0 radical (unpaired) electrons. The van der Waals surface area contributed by atoms with E-state index in [0.29, 0.717) is 33.3 Å². The van der Waals surface area contributed by atoms with Crippen LogP contribution in [0.1, 0.15) is 52.6 Å². The molecule has 8 heteroatoms. The predicted octanol–water partition coefficient (Wildman–Crippen LogP) is 4.70. The summed E-state index contributed by atoms with van der Waals surface area (Å²) in [7, 11) is 0. The number of carboxylic acid groups (broad SMARTS) is 2. The number of hydrogen-bond acceptors (Lipinski definition) is 4. The van der Waals surface area contributed by atoms with Crippen molar-refractivity contribution in [3.63, 3.8) is 0 Å². The number of carbonyl (C=O) groups excluding carboxylic acids is 2. The highest BCUT2D eigenvalue weighted by molar-refractivity contribution is 6.17. The second kappa shape index (κ2) is 10.4. The zero-order chi connectivity index (χ0) is 27.4. The predicted molar refractivity (Wildman–Crippen MR) is 143 cm³/mol. The first kappa shape index (κ1) is 25.2. The Labute approximate surface area is 216 Å². The van der Waals surface area contributed by atoms with Crippen molar-refractivity contribution in [2.75, 3.05) is 10.6 Å². The number of aromatic carboxylic acids is 2. The minimum Gasteiger partial charge on any atom is -0.478 e. The number of rotatable bonds is 6. The maximum Gasteiger partial charge on any atom is 0.336 e. The van der Waals surface area contributed by atoms with Gasteiger partial charge in [0.2, 0.25) is 0 Å². The molecule has 2 amide bonds. The van der Waals surface area contributed by atoms with Crippen molar-refractivity contribution < 1.29 is 29.4 Å². The fourth-order valence-electron chi connectivity index (χ4n) is 3.93. The van der Waals surface area contributed by atoms with E-state index in [1.165, 1.54) is 36.4 Å². The minimum absolute atomic E-state index is 0.0745. The van der Waals surface area contributed by atoms with E-state index in [1.807, 2.05) is 0 Å². The van der Waals surface area contributed by atoms with E-state index >= 15 is 0 Å². The Kier molecular flexibility index (Phi) is 6.91. The van der Waals surface area contributed by atoms with Gasteiger partial charge in [0, 0.05) is 33.3 Å². The molecular formula is C30H18N2O6. The maximum absolute atomic E-state index is 13.0. The summed E-state index contributed by atoms with van der Waals surface area (Å²) in [5.41, 5.74) is 0.752. The Morgan fingerprint density at radius 2 is 0.974 bits per heavy atom. The van der Waals surface area contributed by atoms with Crippen LogP contribution < -0.4 is 10.6 Å². The van der Waals surface area contributed by atoms with Gasteiger partial charge >= 0.3 is 11.9 Å². The van der Waals surface area contributed by atoms with E-state index in [9.17, 15) is 29.4 Å². The first-order valence-electron chi connectivity index (χ1n) is 11.1. The number of hydrogen-bond donors (Lipinski definition) is 4. The van der Waals surface area contributed by atoms with Crippen molar-refractivity contribution in [1.82, 2.24) is 0 Å². The summed E-state index contributed by atoms with van der Waals surface area (Å²) in [6, 6.07) is 18.1. The topological polar surface area (TPSA) is 133 Å². The van der Waals surface area contributed by atoms with E-state index < -0.39 is 23.8 Å². The van der Waals surface area contributed by atoms with Gasteiger partial charge in [0.05, 0.1) is 22.3 Å².